The molecule has 92 valence electrons. The van der Waals surface area contributed by atoms with Gasteiger partial charge in [-0.2, -0.15) is 22.7 Å². The van der Waals surface area contributed by atoms with Crippen LogP contribution < -0.4 is 4.72 Å². The summed E-state index contributed by atoms with van der Waals surface area (Å²) in [6, 6.07) is 0. The monoisotopic (exact) mass is 276 g/mol. The van der Waals surface area contributed by atoms with Crippen molar-refractivity contribution in [2.75, 3.05) is 18.8 Å². The van der Waals surface area contributed by atoms with Gasteiger partial charge in [0.05, 0.1) is 6.33 Å². The number of hydrogen-bond acceptors (Lipinski definition) is 5. The third kappa shape index (κ3) is 2.30. The summed E-state index contributed by atoms with van der Waals surface area (Å²) in [5.74, 6) is -0.122. The van der Waals surface area contributed by atoms with Crippen LogP contribution in [0, 0.1) is 0 Å². The lowest BCUT2D eigenvalue weighted by Gasteiger charge is -2.11. The van der Waals surface area contributed by atoms with Gasteiger partial charge in [0.1, 0.15) is 5.52 Å². The van der Waals surface area contributed by atoms with Crippen molar-refractivity contribution in [1.29, 1.82) is 0 Å². The summed E-state index contributed by atoms with van der Waals surface area (Å²) >= 11 is 5.84. The van der Waals surface area contributed by atoms with Gasteiger partial charge in [-0.25, -0.2) is 9.71 Å². The number of nitrogens with one attached hydrogen (secondary N) is 2. The minimum atomic E-state index is -3.66. The van der Waals surface area contributed by atoms with Gasteiger partial charge in [-0.05, 0) is 0 Å². The maximum absolute atomic E-state index is 11.5. The Balaban J connectivity index is 2.44. The lowest BCUT2D eigenvalue weighted by molar-refractivity contribution is 0.526. The smallest absolute Gasteiger partial charge is 0.303 e. The second-order valence-electron chi connectivity index (χ2n) is 3.33. The number of halogens is 1. The van der Waals surface area contributed by atoms with E-state index in [2.05, 4.69) is 24.7 Å². The van der Waals surface area contributed by atoms with Gasteiger partial charge in [0.15, 0.2) is 10.8 Å². The van der Waals surface area contributed by atoms with Crippen LogP contribution in [-0.2, 0) is 10.2 Å². The molecule has 0 atom stereocenters. The molecular weight excluding hydrogens is 268 g/mol. The van der Waals surface area contributed by atoms with Crippen LogP contribution in [0.1, 0.15) is 0 Å². The van der Waals surface area contributed by atoms with Gasteiger partial charge < -0.3 is 4.98 Å². The number of anilines is 1. The molecule has 0 aliphatic rings. The van der Waals surface area contributed by atoms with E-state index in [-0.39, 0.29) is 11.1 Å². The minimum Gasteiger partial charge on any atom is -0.341 e. The van der Waals surface area contributed by atoms with Gasteiger partial charge in [-0.1, -0.05) is 11.6 Å². The maximum atomic E-state index is 11.5. The van der Waals surface area contributed by atoms with E-state index >= 15 is 0 Å². The zero-order chi connectivity index (χ0) is 12.6. The normalized spacial score (nSPS) is 12.2. The quantitative estimate of drug-likeness (QED) is 0.781. The third-order valence-electron chi connectivity index (χ3n) is 1.94. The Morgan fingerprint density at radius 3 is 2.76 bits per heavy atom. The zero-order valence-corrected chi connectivity index (χ0v) is 10.5. The van der Waals surface area contributed by atoms with Crippen LogP contribution in [-0.4, -0.2) is 46.8 Å². The van der Waals surface area contributed by atoms with Crippen LogP contribution in [0.3, 0.4) is 0 Å². The summed E-state index contributed by atoms with van der Waals surface area (Å²) in [4.78, 5) is 14.3. The molecule has 0 aromatic carbocycles. The number of aromatic amines is 1. The van der Waals surface area contributed by atoms with Gasteiger partial charge in [-0.15, -0.1) is 0 Å². The molecule has 0 saturated heterocycles. The van der Waals surface area contributed by atoms with Crippen LogP contribution >= 0.6 is 11.6 Å². The molecule has 0 aliphatic carbocycles. The number of H-pyrrole nitrogens is 1. The Hall–Kier alpha value is -1.45. The van der Waals surface area contributed by atoms with Crippen LogP contribution in [0.4, 0.5) is 5.95 Å². The third-order valence-corrected chi connectivity index (χ3v) is 3.62. The molecule has 0 saturated carbocycles. The predicted octanol–water partition coefficient (Wildman–Crippen LogP) is 0.225. The Morgan fingerprint density at radius 1 is 1.41 bits per heavy atom. The Bertz CT molecular complexity index is 651. The van der Waals surface area contributed by atoms with E-state index in [1.807, 2.05) is 0 Å². The molecule has 10 heteroatoms. The van der Waals surface area contributed by atoms with Crippen molar-refractivity contribution < 1.29 is 8.42 Å². The molecule has 2 aromatic heterocycles. The van der Waals surface area contributed by atoms with Crippen molar-refractivity contribution >= 4 is 38.9 Å². The van der Waals surface area contributed by atoms with Crippen molar-refractivity contribution in [3.8, 4) is 0 Å². The number of imidazole rings is 1. The largest absolute Gasteiger partial charge is 0.341 e. The first-order valence-electron chi connectivity index (χ1n) is 4.47. The number of rotatable bonds is 3. The van der Waals surface area contributed by atoms with Crippen LogP contribution in [0.5, 0.6) is 0 Å². The first-order valence-corrected chi connectivity index (χ1v) is 6.29. The fourth-order valence-corrected chi connectivity index (χ4v) is 1.77. The lowest BCUT2D eigenvalue weighted by atomic mass is 10.6. The van der Waals surface area contributed by atoms with Crippen LogP contribution in [0.2, 0.25) is 5.15 Å². The number of aromatic nitrogens is 4. The van der Waals surface area contributed by atoms with Crippen LogP contribution in [0.25, 0.3) is 11.2 Å². The molecule has 17 heavy (non-hydrogen) atoms. The van der Waals surface area contributed by atoms with Crippen molar-refractivity contribution in [3.05, 3.63) is 11.5 Å². The summed E-state index contributed by atoms with van der Waals surface area (Å²) in [5, 5.41) is 0.101. The molecule has 8 nitrogen and oxygen atoms in total. The van der Waals surface area contributed by atoms with Crippen LogP contribution in [0.15, 0.2) is 6.33 Å². The first kappa shape index (κ1) is 12.0. The van der Waals surface area contributed by atoms with E-state index in [1.165, 1.54) is 20.4 Å². The molecule has 2 rings (SSSR count). The van der Waals surface area contributed by atoms with Crippen molar-refractivity contribution in [2.24, 2.45) is 0 Å². The van der Waals surface area contributed by atoms with E-state index in [1.54, 1.807) is 0 Å². The topological polar surface area (TPSA) is 104 Å². The standard InChI is InChI=1S/C7H9ClN6O2S/c1-14(2)17(15,16)13-7-11-5(8)4-6(12-7)10-3-9-4/h3H,1-2H3,(H2,9,10,11,12,13). The highest BCUT2D eigenvalue weighted by Gasteiger charge is 2.16. The van der Waals surface area contributed by atoms with E-state index in [0.29, 0.717) is 11.2 Å². The highest BCUT2D eigenvalue weighted by molar-refractivity contribution is 7.90. The summed E-state index contributed by atoms with van der Waals surface area (Å²) in [6.07, 6.45) is 1.40. The summed E-state index contributed by atoms with van der Waals surface area (Å²) < 4.78 is 26.3. The van der Waals surface area contributed by atoms with Gasteiger partial charge in [0.2, 0.25) is 5.95 Å². The Labute approximate surface area is 102 Å². The first-order chi connectivity index (χ1) is 7.90. The molecule has 2 N–H and O–H groups in total. The van der Waals surface area contributed by atoms with Crippen molar-refractivity contribution in [1.82, 2.24) is 24.2 Å². The van der Waals surface area contributed by atoms with E-state index in [4.69, 9.17) is 11.6 Å². The number of fused-ring (bicyclic) bond motifs is 1. The molecule has 0 bridgehead atoms. The molecule has 0 spiro atoms. The Morgan fingerprint density at radius 2 is 2.12 bits per heavy atom. The van der Waals surface area contributed by atoms with Gasteiger partial charge >= 0.3 is 10.2 Å². The number of hydrogen-bond donors (Lipinski definition) is 2. The summed E-state index contributed by atoms with van der Waals surface area (Å²) in [5.41, 5.74) is 0.751. The second-order valence-corrected chi connectivity index (χ2v) is 5.57. The number of nitrogens with zero attached hydrogens (tertiary/aromatic N) is 4. The Kier molecular flexibility index (Phi) is 2.89. The molecule has 0 amide bonds. The molecule has 0 unspecified atom stereocenters. The average molecular weight is 277 g/mol. The molecular formula is C7H9ClN6O2S. The molecule has 0 radical (unpaired) electrons. The van der Waals surface area contributed by atoms with Crippen molar-refractivity contribution in [2.45, 2.75) is 0 Å². The molecule has 0 aliphatic heterocycles. The highest BCUT2D eigenvalue weighted by Crippen LogP contribution is 2.18. The highest BCUT2D eigenvalue weighted by atomic mass is 35.5. The van der Waals surface area contributed by atoms with Crippen molar-refractivity contribution in [3.63, 3.8) is 0 Å². The minimum absolute atomic E-state index is 0.101. The SMILES string of the molecule is CN(C)S(=O)(=O)Nc1nc(Cl)c2[nH]cnc2n1. The van der Waals surface area contributed by atoms with Gasteiger partial charge in [0.25, 0.3) is 0 Å². The van der Waals surface area contributed by atoms with Gasteiger partial charge in [0, 0.05) is 14.1 Å². The van der Waals surface area contributed by atoms with E-state index in [9.17, 15) is 8.42 Å². The maximum Gasteiger partial charge on any atom is 0.303 e. The second kappa shape index (κ2) is 4.09. The summed E-state index contributed by atoms with van der Waals surface area (Å²) in [7, 11) is -0.886. The zero-order valence-electron chi connectivity index (χ0n) is 8.97. The fraction of sp³-hybridized carbons (Fsp3) is 0.286. The fourth-order valence-electron chi connectivity index (χ4n) is 1.05. The average Bonchev–Trinajstić information content (AvgIpc) is 2.64. The summed E-state index contributed by atoms with van der Waals surface area (Å²) in [6.45, 7) is 0. The predicted molar refractivity (Wildman–Crippen MR) is 62.9 cm³/mol. The molecule has 0 fully saturated rings. The van der Waals surface area contributed by atoms with E-state index < -0.39 is 10.2 Å². The lowest BCUT2D eigenvalue weighted by Crippen LogP contribution is -2.29. The van der Waals surface area contributed by atoms with Gasteiger partial charge in [-0.3, -0.25) is 0 Å². The van der Waals surface area contributed by atoms with E-state index in [0.717, 1.165) is 4.31 Å². The molecule has 2 heterocycles. The molecule has 2 aromatic rings.